The minimum atomic E-state index is -1.18. The van der Waals surface area contributed by atoms with Crippen molar-refractivity contribution in [3.63, 3.8) is 0 Å². The summed E-state index contributed by atoms with van der Waals surface area (Å²) in [6, 6.07) is -0.815. The summed E-state index contributed by atoms with van der Waals surface area (Å²) in [7, 11) is 0. The van der Waals surface area contributed by atoms with Crippen molar-refractivity contribution in [1.29, 1.82) is 0 Å². The molecule has 0 radical (unpaired) electrons. The summed E-state index contributed by atoms with van der Waals surface area (Å²) in [5.41, 5.74) is 0. The van der Waals surface area contributed by atoms with E-state index in [0.29, 0.717) is 0 Å². The molecule has 1 unspecified atom stereocenters. The van der Waals surface area contributed by atoms with Gasteiger partial charge in [-0.05, 0) is 5.92 Å². The summed E-state index contributed by atoms with van der Waals surface area (Å²) < 4.78 is 0. The Kier molecular flexibility index (Phi) is 3.18. The number of barbiturate groups is 1. The number of hydrogen-bond acceptors (Lipinski definition) is 4. The third-order valence-corrected chi connectivity index (χ3v) is 2.30. The van der Waals surface area contributed by atoms with E-state index in [1.54, 1.807) is 0 Å². The van der Waals surface area contributed by atoms with Crippen molar-refractivity contribution >= 4 is 23.6 Å². The Hall–Kier alpha value is -1.72. The first-order valence-electron chi connectivity index (χ1n) is 4.68. The number of hydrogen-bond donors (Lipinski definition) is 1. The lowest BCUT2D eigenvalue weighted by molar-refractivity contribution is -0.150. The molecule has 0 bridgehead atoms. The fraction of sp³-hybridized carbons (Fsp3) is 0.556. The second-order valence-corrected chi connectivity index (χ2v) is 3.52. The molecule has 1 N–H and O–H groups in total. The molecular formula is C9H12N2O4. The highest BCUT2D eigenvalue weighted by Gasteiger charge is 2.39. The Morgan fingerprint density at radius 1 is 1.27 bits per heavy atom. The summed E-state index contributed by atoms with van der Waals surface area (Å²) >= 11 is 0. The van der Waals surface area contributed by atoms with Gasteiger partial charge in [0.05, 0.1) is 0 Å². The second-order valence-electron chi connectivity index (χ2n) is 3.52. The highest BCUT2D eigenvalue weighted by Crippen LogP contribution is 2.07. The van der Waals surface area contributed by atoms with Crippen LogP contribution >= 0.6 is 0 Å². The van der Waals surface area contributed by atoms with E-state index >= 15 is 0 Å². The van der Waals surface area contributed by atoms with Gasteiger partial charge < -0.3 is 0 Å². The molecule has 4 amide bonds. The molecule has 6 nitrogen and oxygen atoms in total. The fourth-order valence-electron chi connectivity index (χ4n) is 1.14. The Bertz CT molecular complexity index is 337. The first-order valence-corrected chi connectivity index (χ1v) is 4.68. The lowest BCUT2D eigenvalue weighted by Crippen LogP contribution is -2.59. The number of Topliss-reactive ketones (excluding diaryl/α,β-unsaturated/α-hetero) is 1. The normalized spacial score (nSPS) is 19.2. The summed E-state index contributed by atoms with van der Waals surface area (Å²) in [5, 5.41) is 1.82. The zero-order valence-electron chi connectivity index (χ0n) is 8.57. The highest BCUT2D eigenvalue weighted by atomic mass is 16.2. The highest BCUT2D eigenvalue weighted by molar-refractivity contribution is 6.66. The summed E-state index contributed by atoms with van der Waals surface area (Å²) in [5.74, 6) is -3.27. The van der Waals surface area contributed by atoms with Crippen LogP contribution in [-0.4, -0.2) is 35.1 Å². The molecule has 15 heavy (non-hydrogen) atoms. The molecule has 0 aromatic heterocycles. The molecule has 0 aliphatic carbocycles. The van der Waals surface area contributed by atoms with Gasteiger partial charge in [-0.2, -0.15) is 0 Å². The van der Waals surface area contributed by atoms with E-state index in [0.717, 1.165) is 11.3 Å². The Labute approximate surface area is 86.6 Å². The number of carbonyl (C=O) groups excluding carboxylic acids is 4. The average molecular weight is 212 g/mol. The zero-order chi connectivity index (χ0) is 11.6. The molecule has 0 spiro atoms. The molecule has 0 aromatic rings. The second kappa shape index (κ2) is 4.20. The standard InChI is InChI=1S/C9H12N2O4/c1-3-5(2)4-11-8(14)6(12)7(13)10-9(11)15/h5H,3-4H2,1-2H3,(H,10,13,15). The van der Waals surface area contributed by atoms with Crippen LogP contribution in [0.25, 0.3) is 0 Å². The van der Waals surface area contributed by atoms with Gasteiger partial charge in [-0.1, -0.05) is 20.3 Å². The first-order chi connectivity index (χ1) is 6.97. The molecule has 1 fully saturated rings. The molecule has 1 rings (SSSR count). The predicted molar refractivity (Wildman–Crippen MR) is 49.7 cm³/mol. The van der Waals surface area contributed by atoms with Crippen LogP contribution in [0.3, 0.4) is 0 Å². The van der Waals surface area contributed by atoms with Crippen molar-refractivity contribution in [2.75, 3.05) is 6.54 Å². The van der Waals surface area contributed by atoms with E-state index < -0.39 is 23.6 Å². The number of nitrogens with one attached hydrogen (secondary N) is 1. The van der Waals surface area contributed by atoms with Gasteiger partial charge in [0, 0.05) is 6.54 Å². The van der Waals surface area contributed by atoms with Gasteiger partial charge in [-0.15, -0.1) is 0 Å². The lowest BCUT2D eigenvalue weighted by atomic mass is 10.1. The summed E-state index contributed by atoms with van der Waals surface area (Å²) in [6.07, 6.45) is 0.777. The smallest absolute Gasteiger partial charge is 0.277 e. The SMILES string of the molecule is CCC(C)CN1C(=O)NC(=O)C(=O)C1=O. The summed E-state index contributed by atoms with van der Waals surface area (Å²) in [6.45, 7) is 3.91. The van der Waals surface area contributed by atoms with Crippen LogP contribution in [-0.2, 0) is 14.4 Å². The molecule has 82 valence electrons. The van der Waals surface area contributed by atoms with E-state index in [1.807, 2.05) is 19.2 Å². The number of ketones is 1. The number of nitrogens with zero attached hydrogens (tertiary/aromatic N) is 1. The van der Waals surface area contributed by atoms with Crippen molar-refractivity contribution in [2.45, 2.75) is 20.3 Å². The zero-order valence-corrected chi connectivity index (χ0v) is 8.57. The van der Waals surface area contributed by atoms with Crippen LogP contribution in [0.2, 0.25) is 0 Å². The van der Waals surface area contributed by atoms with Crippen molar-refractivity contribution in [1.82, 2.24) is 10.2 Å². The van der Waals surface area contributed by atoms with Gasteiger partial charge in [0.1, 0.15) is 0 Å². The van der Waals surface area contributed by atoms with E-state index in [9.17, 15) is 19.2 Å². The maximum Gasteiger partial charge on any atom is 0.331 e. The van der Waals surface area contributed by atoms with Crippen molar-refractivity contribution in [3.8, 4) is 0 Å². The third-order valence-electron chi connectivity index (χ3n) is 2.30. The molecule has 6 heteroatoms. The van der Waals surface area contributed by atoms with Crippen LogP contribution in [0, 0.1) is 5.92 Å². The van der Waals surface area contributed by atoms with Gasteiger partial charge in [0.2, 0.25) is 0 Å². The van der Waals surface area contributed by atoms with Gasteiger partial charge in [-0.25, -0.2) is 4.79 Å². The van der Waals surface area contributed by atoms with Crippen molar-refractivity contribution < 1.29 is 19.2 Å². The van der Waals surface area contributed by atoms with Crippen LogP contribution in [0.15, 0.2) is 0 Å². The molecule has 1 aliphatic heterocycles. The van der Waals surface area contributed by atoms with E-state index in [4.69, 9.17) is 0 Å². The number of imide groups is 2. The number of amides is 4. The molecule has 1 saturated heterocycles. The minimum absolute atomic E-state index is 0.0979. The molecule has 0 saturated carbocycles. The van der Waals surface area contributed by atoms with Gasteiger partial charge in [-0.3, -0.25) is 24.6 Å². The summed E-state index contributed by atoms with van der Waals surface area (Å²) in [4.78, 5) is 45.1. The van der Waals surface area contributed by atoms with Crippen LogP contribution < -0.4 is 5.32 Å². The Morgan fingerprint density at radius 2 is 1.87 bits per heavy atom. The van der Waals surface area contributed by atoms with Crippen molar-refractivity contribution in [3.05, 3.63) is 0 Å². The largest absolute Gasteiger partial charge is 0.331 e. The molecule has 0 aromatic carbocycles. The van der Waals surface area contributed by atoms with Gasteiger partial charge in [0.25, 0.3) is 0 Å². The maximum atomic E-state index is 11.3. The minimum Gasteiger partial charge on any atom is -0.277 e. The number of carbonyl (C=O) groups is 4. The number of urea groups is 1. The first kappa shape index (κ1) is 11.4. The average Bonchev–Trinajstić information content (AvgIpc) is 2.21. The molecular weight excluding hydrogens is 200 g/mol. The van der Waals surface area contributed by atoms with Crippen LogP contribution in [0.1, 0.15) is 20.3 Å². The Morgan fingerprint density at radius 3 is 2.40 bits per heavy atom. The van der Waals surface area contributed by atoms with Gasteiger partial charge >= 0.3 is 23.6 Å². The predicted octanol–water partition coefficient (Wildman–Crippen LogP) is -0.320. The van der Waals surface area contributed by atoms with Gasteiger partial charge in [0.15, 0.2) is 0 Å². The quantitative estimate of drug-likeness (QED) is 0.650. The maximum absolute atomic E-state index is 11.3. The molecule has 1 heterocycles. The lowest BCUT2D eigenvalue weighted by Gasteiger charge is -2.25. The van der Waals surface area contributed by atoms with E-state index in [1.165, 1.54) is 0 Å². The van der Waals surface area contributed by atoms with Crippen LogP contribution in [0.5, 0.6) is 0 Å². The van der Waals surface area contributed by atoms with Crippen molar-refractivity contribution in [2.24, 2.45) is 5.92 Å². The van der Waals surface area contributed by atoms with Crippen LogP contribution in [0.4, 0.5) is 4.79 Å². The molecule has 1 aliphatic rings. The fourth-order valence-corrected chi connectivity index (χ4v) is 1.14. The number of rotatable bonds is 3. The monoisotopic (exact) mass is 212 g/mol. The Balaban J connectivity index is 2.79. The third kappa shape index (κ3) is 2.20. The topological polar surface area (TPSA) is 83.6 Å². The van der Waals surface area contributed by atoms with E-state index in [2.05, 4.69) is 0 Å². The van der Waals surface area contributed by atoms with E-state index in [-0.39, 0.29) is 12.5 Å². The molecule has 1 atom stereocenters.